The molecule has 0 aliphatic rings. The van der Waals surface area contributed by atoms with Gasteiger partial charge in [0.15, 0.2) is 6.61 Å². The van der Waals surface area contributed by atoms with E-state index in [0.29, 0.717) is 12.1 Å². The monoisotopic (exact) mass is 355 g/mol. The molecule has 1 aromatic heterocycles. The first-order chi connectivity index (χ1) is 11.5. The van der Waals surface area contributed by atoms with Gasteiger partial charge in [-0.15, -0.1) is 11.3 Å². The number of hydrogen-bond acceptors (Lipinski definition) is 5. The van der Waals surface area contributed by atoms with E-state index >= 15 is 0 Å². The average Bonchev–Trinajstić information content (AvgIpc) is 3.06. The number of thiophene rings is 1. The fraction of sp³-hybridized carbons (Fsp3) is 0.250. The summed E-state index contributed by atoms with van der Waals surface area (Å²) in [6.07, 6.45) is 0.775. The van der Waals surface area contributed by atoms with Gasteiger partial charge in [-0.25, -0.2) is 0 Å². The highest BCUT2D eigenvalue weighted by Gasteiger charge is 2.09. The smallest absolute Gasteiger partial charge is 0.387 e. The van der Waals surface area contributed by atoms with Gasteiger partial charge in [0.25, 0.3) is 5.91 Å². The zero-order valence-electron chi connectivity index (χ0n) is 12.5. The minimum Gasteiger partial charge on any atom is -0.456 e. The van der Waals surface area contributed by atoms with Gasteiger partial charge in [-0.3, -0.25) is 9.59 Å². The number of anilines is 1. The van der Waals surface area contributed by atoms with Crippen molar-refractivity contribution >= 4 is 28.9 Å². The average molecular weight is 355 g/mol. The number of ether oxygens (including phenoxy) is 2. The lowest BCUT2D eigenvalue weighted by Gasteiger charge is -2.08. The lowest BCUT2D eigenvalue weighted by Crippen LogP contribution is -2.21. The maximum absolute atomic E-state index is 12.0. The number of benzene rings is 1. The van der Waals surface area contributed by atoms with E-state index in [1.807, 2.05) is 17.5 Å². The van der Waals surface area contributed by atoms with Crippen LogP contribution >= 0.6 is 11.3 Å². The number of rotatable bonds is 8. The first kappa shape index (κ1) is 17.9. The molecule has 1 N–H and O–H groups in total. The van der Waals surface area contributed by atoms with Gasteiger partial charge in [-0.1, -0.05) is 6.07 Å². The highest BCUT2D eigenvalue weighted by molar-refractivity contribution is 7.09. The Morgan fingerprint density at radius 3 is 2.54 bits per heavy atom. The van der Waals surface area contributed by atoms with Crippen molar-refractivity contribution in [3.63, 3.8) is 0 Å². The maximum Gasteiger partial charge on any atom is 0.387 e. The molecule has 0 saturated carbocycles. The number of esters is 1. The molecule has 8 heteroatoms. The molecular formula is C16H15F2NO4S. The summed E-state index contributed by atoms with van der Waals surface area (Å²) >= 11 is 1.55. The minimum atomic E-state index is -2.90. The fourth-order valence-electron chi connectivity index (χ4n) is 1.82. The topological polar surface area (TPSA) is 64.6 Å². The standard InChI is InChI=1S/C16H15F2NO4S/c17-16(18)23-12-5-3-11(4-6-12)19-14(20)10-22-15(21)8-7-13-2-1-9-24-13/h1-6,9,16H,7-8,10H2,(H,19,20). The molecule has 5 nitrogen and oxygen atoms in total. The molecule has 0 bridgehead atoms. The summed E-state index contributed by atoms with van der Waals surface area (Å²) in [5.74, 6) is -0.982. The van der Waals surface area contributed by atoms with Gasteiger partial charge in [0, 0.05) is 10.6 Å². The van der Waals surface area contributed by atoms with E-state index < -0.39 is 25.1 Å². The van der Waals surface area contributed by atoms with Crippen LogP contribution in [0.2, 0.25) is 0 Å². The number of hydrogen-bond donors (Lipinski definition) is 1. The van der Waals surface area contributed by atoms with Gasteiger partial charge in [0.2, 0.25) is 0 Å². The molecule has 2 aromatic rings. The van der Waals surface area contributed by atoms with Crippen molar-refractivity contribution in [2.75, 3.05) is 11.9 Å². The molecular weight excluding hydrogens is 340 g/mol. The Kier molecular flexibility index (Phi) is 6.68. The highest BCUT2D eigenvalue weighted by Crippen LogP contribution is 2.17. The zero-order chi connectivity index (χ0) is 17.4. The normalized spacial score (nSPS) is 10.5. The summed E-state index contributed by atoms with van der Waals surface area (Å²) in [5, 5.41) is 4.41. The fourth-order valence-corrected chi connectivity index (χ4v) is 2.52. The van der Waals surface area contributed by atoms with Gasteiger partial charge in [-0.2, -0.15) is 8.78 Å². The third-order valence-corrected chi connectivity index (χ3v) is 3.82. The van der Waals surface area contributed by atoms with E-state index in [1.165, 1.54) is 24.3 Å². The first-order valence-corrected chi connectivity index (χ1v) is 7.93. The molecule has 0 radical (unpaired) electrons. The second-order valence-electron chi connectivity index (χ2n) is 4.69. The number of amides is 1. The number of nitrogens with one attached hydrogen (secondary N) is 1. The molecule has 0 saturated heterocycles. The van der Waals surface area contributed by atoms with Crippen LogP contribution in [-0.4, -0.2) is 25.1 Å². The Morgan fingerprint density at radius 2 is 1.92 bits per heavy atom. The van der Waals surface area contributed by atoms with Crippen molar-refractivity contribution in [3.8, 4) is 5.75 Å². The van der Waals surface area contributed by atoms with E-state index in [1.54, 1.807) is 11.3 Å². The third kappa shape index (κ3) is 6.33. The number of aryl methyl sites for hydroxylation is 1. The van der Waals surface area contributed by atoms with Crippen LogP contribution in [-0.2, 0) is 20.7 Å². The van der Waals surface area contributed by atoms with E-state index in [9.17, 15) is 18.4 Å². The predicted octanol–water partition coefficient (Wildman–Crippen LogP) is 3.46. The minimum absolute atomic E-state index is 0.0111. The Balaban J connectivity index is 1.69. The third-order valence-electron chi connectivity index (χ3n) is 2.88. The van der Waals surface area contributed by atoms with Gasteiger partial charge in [0.1, 0.15) is 5.75 Å². The van der Waals surface area contributed by atoms with Crippen molar-refractivity contribution in [2.24, 2.45) is 0 Å². The highest BCUT2D eigenvalue weighted by atomic mass is 32.1. The number of alkyl halides is 2. The van der Waals surface area contributed by atoms with Gasteiger partial charge >= 0.3 is 12.6 Å². The van der Waals surface area contributed by atoms with Crippen LogP contribution < -0.4 is 10.1 Å². The molecule has 128 valence electrons. The van der Waals surface area contributed by atoms with Crippen molar-refractivity contribution in [2.45, 2.75) is 19.5 Å². The van der Waals surface area contributed by atoms with E-state index in [-0.39, 0.29) is 12.2 Å². The van der Waals surface area contributed by atoms with Crippen LogP contribution in [0.3, 0.4) is 0 Å². The van der Waals surface area contributed by atoms with Crippen LogP contribution in [0.15, 0.2) is 41.8 Å². The number of halogens is 2. The summed E-state index contributed by atoms with van der Waals surface area (Å²) in [4.78, 5) is 24.3. The lowest BCUT2D eigenvalue weighted by molar-refractivity contribution is -0.147. The SMILES string of the molecule is O=C(COC(=O)CCc1cccs1)Nc1ccc(OC(F)F)cc1. The molecule has 1 amide bonds. The molecule has 0 aliphatic heterocycles. The van der Waals surface area contributed by atoms with Crippen molar-refractivity contribution < 1.29 is 27.8 Å². The summed E-state index contributed by atoms with van der Waals surface area (Å²) in [6, 6.07) is 9.24. The quantitative estimate of drug-likeness (QED) is 0.737. The van der Waals surface area contributed by atoms with Gasteiger partial charge < -0.3 is 14.8 Å². The van der Waals surface area contributed by atoms with E-state index in [2.05, 4.69) is 10.1 Å². The van der Waals surface area contributed by atoms with Crippen molar-refractivity contribution in [1.29, 1.82) is 0 Å². The Morgan fingerprint density at radius 1 is 1.17 bits per heavy atom. The predicted molar refractivity (Wildman–Crippen MR) is 85.3 cm³/mol. The van der Waals surface area contributed by atoms with Gasteiger partial charge in [0.05, 0.1) is 6.42 Å². The molecule has 2 rings (SSSR count). The lowest BCUT2D eigenvalue weighted by atomic mass is 10.3. The summed E-state index contributed by atoms with van der Waals surface area (Å²) in [7, 11) is 0. The Hall–Kier alpha value is -2.48. The van der Waals surface area contributed by atoms with Crippen LogP contribution in [0.25, 0.3) is 0 Å². The number of carbonyl (C=O) groups is 2. The van der Waals surface area contributed by atoms with Crippen molar-refractivity contribution in [3.05, 3.63) is 46.7 Å². The molecule has 0 spiro atoms. The molecule has 24 heavy (non-hydrogen) atoms. The second-order valence-corrected chi connectivity index (χ2v) is 5.72. The molecule has 0 unspecified atom stereocenters. The summed E-state index contributed by atoms with van der Waals surface area (Å²) < 4.78 is 33.1. The van der Waals surface area contributed by atoms with Crippen molar-refractivity contribution in [1.82, 2.24) is 0 Å². The van der Waals surface area contributed by atoms with Crippen LogP contribution in [0.1, 0.15) is 11.3 Å². The molecule has 0 fully saturated rings. The first-order valence-electron chi connectivity index (χ1n) is 7.05. The molecule has 0 atom stereocenters. The molecule has 1 heterocycles. The molecule has 0 aliphatic carbocycles. The summed E-state index contributed by atoms with van der Waals surface area (Å²) in [6.45, 7) is -3.31. The maximum atomic E-state index is 12.0. The van der Waals surface area contributed by atoms with Crippen LogP contribution in [0.4, 0.5) is 14.5 Å². The van der Waals surface area contributed by atoms with E-state index in [0.717, 1.165) is 4.88 Å². The molecule has 1 aromatic carbocycles. The van der Waals surface area contributed by atoms with Gasteiger partial charge in [-0.05, 0) is 42.1 Å². The number of carbonyl (C=O) groups excluding carboxylic acids is 2. The second kappa shape index (κ2) is 8.97. The van der Waals surface area contributed by atoms with E-state index in [4.69, 9.17) is 4.74 Å². The largest absolute Gasteiger partial charge is 0.456 e. The Labute approximate surface area is 141 Å². The summed E-state index contributed by atoms with van der Waals surface area (Å²) in [5.41, 5.74) is 0.385. The van der Waals surface area contributed by atoms with Crippen LogP contribution in [0, 0.1) is 0 Å². The Bertz CT molecular complexity index is 659. The zero-order valence-corrected chi connectivity index (χ0v) is 13.4. The van der Waals surface area contributed by atoms with Crippen LogP contribution in [0.5, 0.6) is 5.75 Å².